The first-order valence-corrected chi connectivity index (χ1v) is 7.12. The Labute approximate surface area is 115 Å². The first-order chi connectivity index (χ1) is 8.66. The third-order valence-electron chi connectivity index (χ3n) is 2.58. The molecule has 1 aromatic carbocycles. The van der Waals surface area contributed by atoms with Gasteiger partial charge in [0.2, 0.25) is 0 Å². The Bertz CT molecular complexity index is 459. The molecule has 1 aliphatic heterocycles. The largest absolute Gasteiger partial charge is 0.398 e. The monoisotopic (exact) mass is 282 g/mol. The molecule has 1 fully saturated rings. The van der Waals surface area contributed by atoms with Crippen molar-refractivity contribution < 1.29 is 9.53 Å². The van der Waals surface area contributed by atoms with Gasteiger partial charge in [0.25, 0.3) is 5.17 Å². The van der Waals surface area contributed by atoms with E-state index < -0.39 is 0 Å². The van der Waals surface area contributed by atoms with Crippen molar-refractivity contribution in [2.75, 3.05) is 16.9 Å². The summed E-state index contributed by atoms with van der Waals surface area (Å²) in [7, 11) is 0. The lowest BCUT2D eigenvalue weighted by molar-refractivity contribution is -0.136. The van der Waals surface area contributed by atoms with Crippen LogP contribution >= 0.6 is 24.0 Å². The summed E-state index contributed by atoms with van der Waals surface area (Å²) in [5.74, 6) is 1.18. The van der Waals surface area contributed by atoms with E-state index in [1.807, 2.05) is 31.2 Å². The van der Waals surface area contributed by atoms with E-state index in [1.54, 1.807) is 11.8 Å². The van der Waals surface area contributed by atoms with Gasteiger partial charge in [0.15, 0.2) is 0 Å². The van der Waals surface area contributed by atoms with Crippen LogP contribution in [0.2, 0.25) is 0 Å². The van der Waals surface area contributed by atoms with Gasteiger partial charge in [0.1, 0.15) is 6.04 Å². The van der Waals surface area contributed by atoms with Crippen molar-refractivity contribution in [2.45, 2.75) is 13.0 Å². The third-order valence-corrected chi connectivity index (χ3v) is 3.70. The average molecular weight is 282 g/mol. The lowest BCUT2D eigenvalue weighted by atomic mass is 10.2. The van der Waals surface area contributed by atoms with Gasteiger partial charge in [-0.15, -0.1) is 11.8 Å². The van der Waals surface area contributed by atoms with Gasteiger partial charge in [-0.05, 0) is 30.8 Å². The number of benzene rings is 1. The summed E-state index contributed by atoms with van der Waals surface area (Å²) >= 11 is 6.69. The second-order valence-corrected chi connectivity index (χ2v) is 5.32. The van der Waals surface area contributed by atoms with Crippen LogP contribution in [0.15, 0.2) is 24.3 Å². The highest BCUT2D eigenvalue weighted by molar-refractivity contribution is 7.99. The van der Waals surface area contributed by atoms with Gasteiger partial charge >= 0.3 is 5.97 Å². The molecule has 0 unspecified atom stereocenters. The summed E-state index contributed by atoms with van der Waals surface area (Å²) < 4.78 is 5.10. The lowest BCUT2D eigenvalue weighted by Crippen LogP contribution is -2.36. The van der Waals surface area contributed by atoms with E-state index in [0.29, 0.717) is 0 Å². The van der Waals surface area contributed by atoms with Crippen molar-refractivity contribution >= 4 is 40.8 Å². The summed E-state index contributed by atoms with van der Waals surface area (Å²) in [6, 6.07) is 7.43. The molecular formula is C12H14N2O2S2. The molecule has 4 nitrogen and oxygen atoms in total. The Balaban J connectivity index is 1.89. The van der Waals surface area contributed by atoms with Gasteiger partial charge in [0.05, 0.1) is 0 Å². The Morgan fingerprint density at radius 1 is 1.56 bits per heavy atom. The smallest absolute Gasteiger partial charge is 0.331 e. The molecule has 18 heavy (non-hydrogen) atoms. The van der Waals surface area contributed by atoms with Crippen LogP contribution in [0, 0.1) is 6.92 Å². The highest BCUT2D eigenvalue weighted by Gasteiger charge is 2.25. The first-order valence-electron chi connectivity index (χ1n) is 5.56. The normalized spacial score (nSPS) is 18.4. The molecule has 1 aliphatic rings. The maximum atomic E-state index is 11.7. The molecule has 0 aromatic heterocycles. The van der Waals surface area contributed by atoms with Crippen LogP contribution in [0.5, 0.6) is 0 Å². The van der Waals surface area contributed by atoms with Crippen molar-refractivity contribution in [1.29, 1.82) is 0 Å². The minimum Gasteiger partial charge on any atom is -0.398 e. The number of hydrogen-bond donors (Lipinski definition) is 2. The number of rotatable bonds is 2. The quantitative estimate of drug-likeness (QED) is 0.638. The zero-order valence-corrected chi connectivity index (χ0v) is 11.6. The lowest BCUT2D eigenvalue weighted by Gasteiger charge is -2.12. The van der Waals surface area contributed by atoms with Crippen LogP contribution in [0.1, 0.15) is 5.56 Å². The van der Waals surface area contributed by atoms with E-state index in [9.17, 15) is 4.79 Å². The molecule has 0 radical (unpaired) electrons. The molecule has 1 aromatic rings. The molecule has 0 amide bonds. The summed E-state index contributed by atoms with van der Waals surface area (Å²) in [5.41, 5.74) is 1.90. The van der Waals surface area contributed by atoms with Crippen LogP contribution in [0.25, 0.3) is 0 Å². The topological polar surface area (TPSA) is 50.4 Å². The van der Waals surface area contributed by atoms with Crippen LogP contribution in [0.4, 0.5) is 5.69 Å². The maximum Gasteiger partial charge on any atom is 0.331 e. The fourth-order valence-corrected chi connectivity index (χ4v) is 2.68. The van der Waals surface area contributed by atoms with Crippen molar-refractivity contribution in [3.05, 3.63) is 29.8 Å². The number of carbonyl (C=O) groups excluding carboxylic acids is 1. The fourth-order valence-electron chi connectivity index (χ4n) is 1.56. The van der Waals surface area contributed by atoms with E-state index in [2.05, 4.69) is 10.6 Å². The number of ether oxygens (including phenoxy) is 1. The third kappa shape index (κ3) is 3.44. The fraction of sp³-hybridized carbons (Fsp3) is 0.333. The molecule has 0 aliphatic carbocycles. The van der Waals surface area contributed by atoms with Crippen molar-refractivity contribution in [2.24, 2.45) is 0 Å². The van der Waals surface area contributed by atoms with E-state index in [0.717, 1.165) is 22.9 Å². The molecule has 1 atom stereocenters. The molecule has 6 heteroatoms. The number of nitrogens with one attached hydrogen (secondary N) is 2. The predicted molar refractivity (Wildman–Crippen MR) is 77.7 cm³/mol. The molecule has 1 heterocycles. The Kier molecular flexibility index (Phi) is 4.57. The highest BCUT2D eigenvalue weighted by Crippen LogP contribution is 2.14. The average Bonchev–Trinajstić information content (AvgIpc) is 2.85. The number of aryl methyl sites for hydroxylation is 1. The second-order valence-electron chi connectivity index (χ2n) is 3.92. The van der Waals surface area contributed by atoms with Gasteiger partial charge in [0, 0.05) is 17.3 Å². The minimum atomic E-state index is -0.328. The molecule has 2 rings (SSSR count). The number of thioether (sulfide) groups is 1. The standard InChI is InChI=1S/C12H14N2O2S2/c1-8-4-2-3-5-9(8)14-12(17)16-11(15)10-6-18-7-13-10/h2-5,10,13H,6-7H2,1H3,(H,14,17)/t10-/m1/s1. The Morgan fingerprint density at radius 2 is 2.33 bits per heavy atom. The number of carbonyl (C=O) groups is 1. The van der Waals surface area contributed by atoms with Crippen LogP contribution < -0.4 is 10.6 Å². The highest BCUT2D eigenvalue weighted by atomic mass is 32.2. The summed E-state index contributed by atoms with van der Waals surface area (Å²) in [4.78, 5) is 11.7. The molecule has 0 saturated carbocycles. The molecular weight excluding hydrogens is 268 g/mol. The Hall–Kier alpha value is -1.11. The van der Waals surface area contributed by atoms with Crippen LogP contribution in [-0.2, 0) is 9.53 Å². The molecule has 0 bridgehead atoms. The number of anilines is 1. The predicted octanol–water partition coefficient (Wildman–Crippen LogP) is 1.90. The summed E-state index contributed by atoms with van der Waals surface area (Å²) in [6.07, 6.45) is 0. The molecule has 1 saturated heterocycles. The molecule has 2 N–H and O–H groups in total. The van der Waals surface area contributed by atoms with Gasteiger partial charge in [-0.3, -0.25) is 5.32 Å². The van der Waals surface area contributed by atoms with Crippen LogP contribution in [0.3, 0.4) is 0 Å². The molecule has 0 spiro atoms. The van der Waals surface area contributed by atoms with Gasteiger partial charge in [-0.25, -0.2) is 4.79 Å². The zero-order chi connectivity index (χ0) is 13.0. The van der Waals surface area contributed by atoms with Gasteiger partial charge in [-0.2, -0.15) is 0 Å². The van der Waals surface area contributed by atoms with Gasteiger partial charge < -0.3 is 10.1 Å². The zero-order valence-electron chi connectivity index (χ0n) is 9.93. The van der Waals surface area contributed by atoms with E-state index in [-0.39, 0.29) is 17.2 Å². The van der Waals surface area contributed by atoms with Crippen molar-refractivity contribution in [1.82, 2.24) is 5.32 Å². The Morgan fingerprint density at radius 3 is 3.00 bits per heavy atom. The number of esters is 1. The van der Waals surface area contributed by atoms with Gasteiger partial charge in [-0.1, -0.05) is 18.2 Å². The number of thiocarbonyl (C=S) groups is 1. The minimum absolute atomic E-state index is 0.0907. The number of para-hydroxylation sites is 1. The van der Waals surface area contributed by atoms with Crippen molar-refractivity contribution in [3.8, 4) is 0 Å². The van der Waals surface area contributed by atoms with Crippen LogP contribution in [-0.4, -0.2) is 28.8 Å². The maximum absolute atomic E-state index is 11.7. The first kappa shape index (κ1) is 13.3. The second kappa shape index (κ2) is 6.17. The van der Waals surface area contributed by atoms with Crippen molar-refractivity contribution in [3.63, 3.8) is 0 Å². The SMILES string of the molecule is Cc1ccccc1NC(=S)OC(=O)[C@H]1CSCN1. The summed E-state index contributed by atoms with van der Waals surface area (Å²) in [5, 5.41) is 6.05. The van der Waals surface area contributed by atoms with E-state index in [1.165, 1.54) is 0 Å². The van der Waals surface area contributed by atoms with E-state index in [4.69, 9.17) is 17.0 Å². The number of hydrogen-bond acceptors (Lipinski definition) is 5. The van der Waals surface area contributed by atoms with E-state index >= 15 is 0 Å². The summed E-state index contributed by atoms with van der Waals surface area (Å²) in [6.45, 7) is 1.96. The molecule has 96 valence electrons.